The molecule has 1 amide bonds. The van der Waals surface area contributed by atoms with E-state index in [2.05, 4.69) is 19.9 Å². The van der Waals surface area contributed by atoms with Crippen LogP contribution in [0, 0.1) is 17.8 Å². The molecule has 2 heterocycles. The molecule has 0 radical (unpaired) electrons. The second-order valence-corrected chi connectivity index (χ2v) is 7.75. The number of aromatic nitrogens is 2. The van der Waals surface area contributed by atoms with Crippen LogP contribution in [-0.4, -0.2) is 52.0 Å². The summed E-state index contributed by atoms with van der Waals surface area (Å²) in [6, 6.07) is 0. The van der Waals surface area contributed by atoms with Gasteiger partial charge in [-0.2, -0.15) is 4.98 Å². The molecule has 1 aliphatic heterocycles. The van der Waals surface area contributed by atoms with Gasteiger partial charge in [0.05, 0.1) is 6.54 Å². The first-order valence-corrected chi connectivity index (χ1v) is 9.53. The third kappa shape index (κ3) is 3.34. The van der Waals surface area contributed by atoms with Crippen molar-refractivity contribution in [3.63, 3.8) is 0 Å². The predicted octanol–water partition coefficient (Wildman–Crippen LogP) is 2.10. The smallest absolute Gasteiger partial charge is 0.226 e. The first-order valence-electron chi connectivity index (χ1n) is 9.53. The second kappa shape index (κ2) is 6.82. The van der Waals surface area contributed by atoms with Crippen molar-refractivity contribution in [1.82, 2.24) is 19.9 Å². The molecule has 6 heteroatoms. The molecule has 0 aromatic carbocycles. The van der Waals surface area contributed by atoms with E-state index in [1.807, 2.05) is 6.92 Å². The minimum Gasteiger partial charge on any atom is -0.340 e. The molecule has 3 unspecified atom stereocenters. The zero-order valence-electron chi connectivity index (χ0n) is 14.6. The van der Waals surface area contributed by atoms with Gasteiger partial charge in [0.25, 0.3) is 0 Å². The van der Waals surface area contributed by atoms with E-state index in [0.717, 1.165) is 63.2 Å². The molecule has 1 aromatic heterocycles. The Balaban J connectivity index is 1.23. The van der Waals surface area contributed by atoms with Gasteiger partial charge in [-0.1, -0.05) is 18.5 Å². The van der Waals surface area contributed by atoms with Gasteiger partial charge in [-0.05, 0) is 37.0 Å². The maximum Gasteiger partial charge on any atom is 0.226 e. The third-order valence-electron chi connectivity index (χ3n) is 6.22. The van der Waals surface area contributed by atoms with Crippen LogP contribution in [0.3, 0.4) is 0 Å². The minimum atomic E-state index is 0.375. The van der Waals surface area contributed by atoms with Crippen LogP contribution in [0.5, 0.6) is 0 Å². The number of carbonyl (C=O) groups excluding carboxylic acids is 1. The molecule has 2 aliphatic carbocycles. The summed E-state index contributed by atoms with van der Waals surface area (Å²) in [5, 5.41) is 4.02. The Bertz CT molecular complexity index is 579. The van der Waals surface area contributed by atoms with Gasteiger partial charge in [-0.3, -0.25) is 9.69 Å². The molecule has 0 spiro atoms. The average Bonchev–Trinajstić information content (AvgIpc) is 3.32. The maximum absolute atomic E-state index is 12.6. The summed E-state index contributed by atoms with van der Waals surface area (Å²) in [5.74, 6) is 4.26. The summed E-state index contributed by atoms with van der Waals surface area (Å²) >= 11 is 0. The normalized spacial score (nSPS) is 30.2. The van der Waals surface area contributed by atoms with Crippen LogP contribution in [0.15, 0.2) is 4.52 Å². The van der Waals surface area contributed by atoms with Crippen molar-refractivity contribution in [2.45, 2.75) is 52.0 Å². The van der Waals surface area contributed by atoms with Crippen LogP contribution < -0.4 is 0 Å². The van der Waals surface area contributed by atoms with E-state index < -0.39 is 0 Å². The molecule has 0 N–H and O–H groups in total. The molecule has 3 fully saturated rings. The van der Waals surface area contributed by atoms with E-state index in [9.17, 15) is 4.79 Å². The summed E-state index contributed by atoms with van der Waals surface area (Å²) in [6.45, 7) is 6.20. The Kier molecular flexibility index (Phi) is 4.57. The Labute approximate surface area is 143 Å². The minimum absolute atomic E-state index is 0.375. The fourth-order valence-corrected chi connectivity index (χ4v) is 4.83. The highest BCUT2D eigenvalue weighted by Crippen LogP contribution is 2.49. The molecule has 6 nitrogen and oxygen atoms in total. The molecule has 1 saturated heterocycles. The number of hydrogen-bond donors (Lipinski definition) is 0. The van der Waals surface area contributed by atoms with E-state index in [1.54, 1.807) is 0 Å². The molecular weight excluding hydrogens is 304 g/mol. The SMILES string of the molecule is CCc1nc(CN2CCN(C(=O)CC3CC4CCC3C4)CC2)no1. The fourth-order valence-electron chi connectivity index (χ4n) is 4.83. The van der Waals surface area contributed by atoms with Crippen molar-refractivity contribution in [3.05, 3.63) is 11.7 Å². The van der Waals surface area contributed by atoms with Gasteiger partial charge >= 0.3 is 0 Å². The van der Waals surface area contributed by atoms with E-state index in [-0.39, 0.29) is 0 Å². The van der Waals surface area contributed by atoms with Crippen molar-refractivity contribution in [2.24, 2.45) is 17.8 Å². The van der Waals surface area contributed by atoms with Crippen LogP contribution in [0.1, 0.15) is 50.7 Å². The summed E-state index contributed by atoms with van der Waals surface area (Å²) in [6.07, 6.45) is 7.01. The van der Waals surface area contributed by atoms with Crippen molar-refractivity contribution in [2.75, 3.05) is 26.2 Å². The monoisotopic (exact) mass is 332 g/mol. The number of fused-ring (bicyclic) bond motifs is 2. The highest BCUT2D eigenvalue weighted by Gasteiger charge is 2.40. The number of piperazine rings is 1. The van der Waals surface area contributed by atoms with Crippen LogP contribution in [0.4, 0.5) is 0 Å². The van der Waals surface area contributed by atoms with E-state index >= 15 is 0 Å². The zero-order chi connectivity index (χ0) is 16.5. The molecule has 2 saturated carbocycles. The standard InChI is InChI=1S/C18H28N4O2/c1-2-17-19-16(20-24-17)12-21-5-7-22(8-6-21)18(23)11-15-10-13-3-4-14(15)9-13/h13-15H,2-12H2,1H3. The quantitative estimate of drug-likeness (QED) is 0.826. The summed E-state index contributed by atoms with van der Waals surface area (Å²) < 4.78 is 5.16. The van der Waals surface area contributed by atoms with E-state index in [4.69, 9.17) is 4.52 Å². The van der Waals surface area contributed by atoms with E-state index in [1.165, 1.54) is 25.7 Å². The first kappa shape index (κ1) is 16.1. The topological polar surface area (TPSA) is 62.5 Å². The van der Waals surface area contributed by atoms with Crippen LogP contribution in [-0.2, 0) is 17.8 Å². The van der Waals surface area contributed by atoms with Crippen molar-refractivity contribution in [1.29, 1.82) is 0 Å². The second-order valence-electron chi connectivity index (χ2n) is 7.75. The lowest BCUT2D eigenvalue weighted by atomic mass is 9.86. The van der Waals surface area contributed by atoms with Gasteiger partial charge < -0.3 is 9.42 Å². The van der Waals surface area contributed by atoms with Gasteiger partial charge in [0.2, 0.25) is 11.8 Å². The molecule has 3 atom stereocenters. The number of amides is 1. The Morgan fingerprint density at radius 1 is 1.21 bits per heavy atom. The fraction of sp³-hybridized carbons (Fsp3) is 0.833. The molecule has 2 bridgehead atoms. The van der Waals surface area contributed by atoms with Crippen LogP contribution >= 0.6 is 0 Å². The highest BCUT2D eigenvalue weighted by molar-refractivity contribution is 5.76. The number of aryl methyl sites for hydroxylation is 1. The zero-order valence-corrected chi connectivity index (χ0v) is 14.6. The lowest BCUT2D eigenvalue weighted by molar-refractivity contribution is -0.134. The Morgan fingerprint density at radius 3 is 2.67 bits per heavy atom. The van der Waals surface area contributed by atoms with Crippen molar-refractivity contribution < 1.29 is 9.32 Å². The highest BCUT2D eigenvalue weighted by atomic mass is 16.5. The van der Waals surface area contributed by atoms with E-state index in [0.29, 0.717) is 17.7 Å². The van der Waals surface area contributed by atoms with Gasteiger partial charge in [0, 0.05) is 39.0 Å². The van der Waals surface area contributed by atoms with Crippen LogP contribution in [0.25, 0.3) is 0 Å². The number of nitrogens with zero attached hydrogens (tertiary/aromatic N) is 4. The number of rotatable bonds is 5. The number of hydrogen-bond acceptors (Lipinski definition) is 5. The first-order chi connectivity index (χ1) is 11.7. The Morgan fingerprint density at radius 2 is 2.04 bits per heavy atom. The molecular formula is C18H28N4O2. The summed E-state index contributed by atoms with van der Waals surface area (Å²) in [7, 11) is 0. The molecule has 132 valence electrons. The molecule has 3 aliphatic rings. The molecule has 24 heavy (non-hydrogen) atoms. The van der Waals surface area contributed by atoms with Gasteiger partial charge in [-0.25, -0.2) is 0 Å². The van der Waals surface area contributed by atoms with Crippen molar-refractivity contribution >= 4 is 5.91 Å². The molecule has 4 rings (SSSR count). The number of carbonyl (C=O) groups is 1. The third-order valence-corrected chi connectivity index (χ3v) is 6.22. The molecule has 1 aromatic rings. The average molecular weight is 332 g/mol. The van der Waals surface area contributed by atoms with Gasteiger partial charge in [0.1, 0.15) is 0 Å². The predicted molar refractivity (Wildman–Crippen MR) is 89.1 cm³/mol. The Hall–Kier alpha value is -1.43. The van der Waals surface area contributed by atoms with Crippen LogP contribution in [0.2, 0.25) is 0 Å². The summed E-state index contributed by atoms with van der Waals surface area (Å²) in [4.78, 5) is 21.3. The summed E-state index contributed by atoms with van der Waals surface area (Å²) in [5.41, 5.74) is 0. The largest absolute Gasteiger partial charge is 0.340 e. The van der Waals surface area contributed by atoms with Gasteiger partial charge in [-0.15, -0.1) is 0 Å². The van der Waals surface area contributed by atoms with Crippen molar-refractivity contribution in [3.8, 4) is 0 Å². The maximum atomic E-state index is 12.6. The lowest BCUT2D eigenvalue weighted by Gasteiger charge is -2.35. The van der Waals surface area contributed by atoms with Gasteiger partial charge in [0.15, 0.2) is 5.82 Å². The lowest BCUT2D eigenvalue weighted by Crippen LogP contribution is -2.48.